The van der Waals surface area contributed by atoms with Crippen molar-refractivity contribution in [2.45, 2.75) is 0 Å². The zero-order valence-electron chi connectivity index (χ0n) is 7.73. The van der Waals surface area contributed by atoms with E-state index in [1.165, 1.54) is 12.1 Å². The summed E-state index contributed by atoms with van der Waals surface area (Å²) in [7, 11) is 0. The summed E-state index contributed by atoms with van der Waals surface area (Å²) in [5.41, 5.74) is 0.413. The van der Waals surface area contributed by atoms with Crippen LogP contribution in [0.4, 0.5) is 5.69 Å². The largest absolute Gasteiger partial charge is 0.282 e. The van der Waals surface area contributed by atoms with Gasteiger partial charge in [0.2, 0.25) is 4.77 Å². The Hall–Kier alpha value is -1.73. The van der Waals surface area contributed by atoms with Crippen LogP contribution < -0.4 is 0 Å². The van der Waals surface area contributed by atoms with Crippen molar-refractivity contribution in [1.29, 1.82) is 0 Å². The third-order valence-electron chi connectivity index (χ3n) is 1.87. The molecule has 0 saturated heterocycles. The topological polar surface area (TPSA) is 87.6 Å². The molecule has 16 heavy (non-hydrogen) atoms. The standard InChI is InChI=1S/C8H5ClN4O2S/c9-5-1-4(2-6(3-5)13(14)15)7-10-8(16)12-11-7/h1-3H,(H2,10,11,12,16). The van der Waals surface area contributed by atoms with E-state index in [-0.39, 0.29) is 15.5 Å². The maximum atomic E-state index is 10.6. The van der Waals surface area contributed by atoms with E-state index in [0.29, 0.717) is 11.4 Å². The maximum Gasteiger partial charge on any atom is 0.271 e. The lowest BCUT2D eigenvalue weighted by atomic mass is 10.2. The summed E-state index contributed by atoms with van der Waals surface area (Å²) in [6, 6.07) is 4.20. The van der Waals surface area contributed by atoms with E-state index in [1.807, 2.05) is 0 Å². The van der Waals surface area contributed by atoms with Crippen LogP contribution in [-0.2, 0) is 0 Å². The second kappa shape index (κ2) is 4.03. The maximum absolute atomic E-state index is 10.6. The molecule has 6 nitrogen and oxygen atoms in total. The van der Waals surface area contributed by atoms with Crippen molar-refractivity contribution in [2.75, 3.05) is 0 Å². The van der Waals surface area contributed by atoms with Gasteiger partial charge in [0.1, 0.15) is 0 Å². The molecular formula is C8H5ClN4O2S. The van der Waals surface area contributed by atoms with E-state index in [2.05, 4.69) is 15.2 Å². The normalized spacial score (nSPS) is 10.3. The van der Waals surface area contributed by atoms with Crippen molar-refractivity contribution in [3.63, 3.8) is 0 Å². The molecule has 8 heteroatoms. The molecule has 0 radical (unpaired) electrons. The van der Waals surface area contributed by atoms with Gasteiger partial charge in [-0.05, 0) is 18.3 Å². The molecule has 0 aliphatic carbocycles. The second-order valence-corrected chi connectivity index (χ2v) is 3.79. The number of nitro groups is 1. The van der Waals surface area contributed by atoms with Crippen molar-refractivity contribution in [3.05, 3.63) is 38.1 Å². The van der Waals surface area contributed by atoms with Crippen LogP contribution in [0.1, 0.15) is 0 Å². The summed E-state index contributed by atoms with van der Waals surface area (Å²) in [5, 5.41) is 16.2. The van der Waals surface area contributed by atoms with Gasteiger partial charge in [-0.2, -0.15) is 4.98 Å². The number of nitro benzene ring substituents is 1. The molecule has 1 heterocycles. The predicted octanol–water partition coefficient (Wildman–Crippen LogP) is 2.70. The molecule has 0 amide bonds. The Morgan fingerprint density at radius 1 is 1.38 bits per heavy atom. The zero-order chi connectivity index (χ0) is 11.7. The molecule has 1 aromatic heterocycles. The second-order valence-electron chi connectivity index (χ2n) is 2.97. The van der Waals surface area contributed by atoms with Crippen molar-refractivity contribution < 1.29 is 4.92 Å². The Morgan fingerprint density at radius 3 is 2.69 bits per heavy atom. The number of H-pyrrole nitrogens is 2. The number of aromatic nitrogens is 3. The number of benzene rings is 1. The molecular weight excluding hydrogens is 252 g/mol. The molecule has 0 spiro atoms. The summed E-state index contributed by atoms with van der Waals surface area (Å²) < 4.78 is 0.276. The molecule has 2 rings (SSSR count). The first-order chi connectivity index (χ1) is 7.56. The first kappa shape index (κ1) is 10.8. The Kier molecular flexibility index (Phi) is 2.71. The highest BCUT2D eigenvalue weighted by molar-refractivity contribution is 7.71. The highest BCUT2D eigenvalue weighted by Crippen LogP contribution is 2.25. The molecule has 0 aliphatic rings. The van der Waals surface area contributed by atoms with E-state index in [9.17, 15) is 10.1 Å². The fourth-order valence-electron chi connectivity index (χ4n) is 1.22. The molecule has 2 aromatic rings. The third-order valence-corrected chi connectivity index (χ3v) is 2.28. The Labute approximate surface area is 99.4 Å². The summed E-state index contributed by atoms with van der Waals surface area (Å²) >= 11 is 10.6. The third kappa shape index (κ3) is 2.10. The van der Waals surface area contributed by atoms with E-state index in [0.717, 1.165) is 0 Å². The van der Waals surface area contributed by atoms with Crippen LogP contribution in [0, 0.1) is 14.9 Å². The Bertz CT molecular complexity index is 606. The van der Waals surface area contributed by atoms with Crippen LogP contribution in [0.5, 0.6) is 0 Å². The van der Waals surface area contributed by atoms with Crippen molar-refractivity contribution >= 4 is 29.5 Å². The van der Waals surface area contributed by atoms with Gasteiger partial charge in [0, 0.05) is 22.7 Å². The Balaban J connectivity index is 2.57. The lowest BCUT2D eigenvalue weighted by Crippen LogP contribution is -1.89. The number of nitrogens with one attached hydrogen (secondary N) is 2. The molecule has 0 fully saturated rings. The van der Waals surface area contributed by atoms with Crippen LogP contribution in [0.3, 0.4) is 0 Å². The van der Waals surface area contributed by atoms with Crippen LogP contribution >= 0.6 is 23.8 Å². The van der Waals surface area contributed by atoms with Gasteiger partial charge in [0.15, 0.2) is 5.82 Å². The van der Waals surface area contributed by atoms with Gasteiger partial charge >= 0.3 is 0 Å². The van der Waals surface area contributed by atoms with Crippen LogP contribution in [0.2, 0.25) is 5.02 Å². The van der Waals surface area contributed by atoms with Gasteiger partial charge in [0.25, 0.3) is 5.69 Å². The number of aromatic amines is 2. The molecule has 0 aliphatic heterocycles. The predicted molar refractivity (Wildman–Crippen MR) is 60.9 cm³/mol. The van der Waals surface area contributed by atoms with E-state index in [1.54, 1.807) is 6.07 Å². The number of rotatable bonds is 2. The number of nitrogens with zero attached hydrogens (tertiary/aromatic N) is 2. The fraction of sp³-hybridized carbons (Fsp3) is 0. The highest BCUT2D eigenvalue weighted by atomic mass is 35.5. The van der Waals surface area contributed by atoms with Gasteiger partial charge in [-0.1, -0.05) is 11.6 Å². The number of hydrogen-bond donors (Lipinski definition) is 2. The van der Waals surface area contributed by atoms with Gasteiger partial charge < -0.3 is 0 Å². The molecule has 1 aromatic carbocycles. The van der Waals surface area contributed by atoms with Crippen LogP contribution in [0.15, 0.2) is 18.2 Å². The van der Waals surface area contributed by atoms with E-state index in [4.69, 9.17) is 23.8 Å². The highest BCUT2D eigenvalue weighted by Gasteiger charge is 2.11. The SMILES string of the molecule is O=[N+]([O-])c1cc(Cl)cc(-c2nc(=S)[nH][nH]2)c1. The fourth-order valence-corrected chi connectivity index (χ4v) is 1.59. The van der Waals surface area contributed by atoms with Crippen LogP contribution in [-0.4, -0.2) is 20.1 Å². The number of non-ortho nitro benzene ring substituents is 1. The smallest absolute Gasteiger partial charge is 0.271 e. The summed E-state index contributed by atoms with van der Waals surface area (Å²) in [6.07, 6.45) is 0. The lowest BCUT2D eigenvalue weighted by molar-refractivity contribution is -0.384. The minimum atomic E-state index is -0.517. The van der Waals surface area contributed by atoms with E-state index >= 15 is 0 Å². The molecule has 0 saturated carbocycles. The minimum absolute atomic E-state index is 0.0928. The summed E-state index contributed by atoms with van der Waals surface area (Å²) in [4.78, 5) is 14.1. The van der Waals surface area contributed by atoms with E-state index < -0.39 is 4.92 Å². The molecule has 82 valence electrons. The van der Waals surface area contributed by atoms with Crippen molar-refractivity contribution in [1.82, 2.24) is 15.2 Å². The molecule has 2 N–H and O–H groups in total. The summed E-state index contributed by atoms with van der Waals surface area (Å²) in [6.45, 7) is 0. The molecule has 0 bridgehead atoms. The molecule has 0 atom stereocenters. The molecule has 0 unspecified atom stereocenters. The quantitative estimate of drug-likeness (QED) is 0.491. The minimum Gasteiger partial charge on any atom is -0.282 e. The van der Waals surface area contributed by atoms with Crippen molar-refractivity contribution in [3.8, 4) is 11.4 Å². The van der Waals surface area contributed by atoms with Gasteiger partial charge in [-0.15, -0.1) is 0 Å². The number of hydrogen-bond acceptors (Lipinski definition) is 4. The van der Waals surface area contributed by atoms with Gasteiger partial charge in [-0.3, -0.25) is 20.3 Å². The van der Waals surface area contributed by atoms with Gasteiger partial charge in [0.05, 0.1) is 4.92 Å². The van der Waals surface area contributed by atoms with Gasteiger partial charge in [-0.25, -0.2) is 0 Å². The first-order valence-electron chi connectivity index (χ1n) is 4.16. The lowest BCUT2D eigenvalue weighted by Gasteiger charge is -1.98. The Morgan fingerprint density at radius 2 is 2.12 bits per heavy atom. The monoisotopic (exact) mass is 256 g/mol. The van der Waals surface area contributed by atoms with Crippen molar-refractivity contribution in [2.24, 2.45) is 0 Å². The average Bonchev–Trinajstić information content (AvgIpc) is 2.64. The number of halogens is 1. The average molecular weight is 257 g/mol. The van der Waals surface area contributed by atoms with Crippen LogP contribution in [0.25, 0.3) is 11.4 Å². The zero-order valence-corrected chi connectivity index (χ0v) is 9.30. The summed E-state index contributed by atoms with van der Waals surface area (Å²) in [5.74, 6) is 0.413. The first-order valence-corrected chi connectivity index (χ1v) is 4.95.